The lowest BCUT2D eigenvalue weighted by atomic mass is 9.97. The highest BCUT2D eigenvalue weighted by atomic mass is 15.0. The van der Waals surface area contributed by atoms with Gasteiger partial charge >= 0.3 is 0 Å². The van der Waals surface area contributed by atoms with Gasteiger partial charge in [0.25, 0.3) is 0 Å². The quantitative estimate of drug-likeness (QED) is 0.0284. The molecule has 6 heteroatoms. The average molecular weight is 978 g/mol. The zero-order valence-corrected chi connectivity index (χ0v) is 46.6. The van der Waals surface area contributed by atoms with Crippen molar-refractivity contribution in [1.29, 1.82) is 0 Å². The Hall–Kier alpha value is -5.10. The number of hydrogen-bond acceptors (Lipinski definition) is 0. The first-order valence-electron chi connectivity index (χ1n) is 29.5. The van der Waals surface area contributed by atoms with Gasteiger partial charge in [-0.15, -0.1) is 0 Å². The summed E-state index contributed by atoms with van der Waals surface area (Å²) in [5, 5.41) is 0. The van der Waals surface area contributed by atoms with Gasteiger partial charge in [0.2, 0.25) is 0 Å². The molecular weight excluding hydrogens is 877 g/mol. The number of hydrogen-bond donors (Lipinski definition) is 0. The fourth-order valence-corrected chi connectivity index (χ4v) is 9.74. The Labute approximate surface area is 439 Å². The van der Waals surface area contributed by atoms with Crippen molar-refractivity contribution in [2.75, 3.05) is 0 Å². The summed E-state index contributed by atoms with van der Waals surface area (Å²) < 4.78 is 14.1. The Kier molecular flexibility index (Phi) is 28.2. The Morgan fingerprint density at radius 2 is 0.486 bits per heavy atom. The Balaban J connectivity index is 0.000000267. The maximum Gasteiger partial charge on any atom is 0.177 e. The SMILES string of the molecule is CCCCCC[n+]1ccc(-c2cc(-c3cc[n+](CCCCCC)cc3)c[n+](CCCCCC)c2)cc1.CCCCCC[n+]1ccc(-c2cc[n+](CCCCCC)cc2-c2cc[n+](CCCCCC)cc2)cc1. The van der Waals surface area contributed by atoms with Crippen molar-refractivity contribution in [3.63, 3.8) is 0 Å². The standard InChI is InChI=1S/2C33H50N3/c1-4-7-10-13-21-34-24-16-30(17-25-34)32-20-28-36(23-15-12-9-6-3)29-33(32)31-18-26-35(27-19-31)22-14-11-8-5-2;1-4-7-10-13-20-34-23-16-30(17-24-34)32-27-33(29-36(28-32)22-15-12-9-6-3)31-18-25-35(26-19-31)21-14-11-8-5-2/h16-20,24-29H,4-15,21-23H2,1-3H3;16-19,23-29H,4-15,20-22H2,1-3H3/q2*+3. The zero-order chi connectivity index (χ0) is 50.9. The van der Waals surface area contributed by atoms with E-state index in [2.05, 4.69) is 204 Å². The van der Waals surface area contributed by atoms with E-state index < -0.39 is 0 Å². The van der Waals surface area contributed by atoms with E-state index in [-0.39, 0.29) is 0 Å². The summed E-state index contributed by atoms with van der Waals surface area (Å²) in [6.45, 7) is 20.3. The van der Waals surface area contributed by atoms with Gasteiger partial charge in [0.15, 0.2) is 74.4 Å². The number of aromatic nitrogens is 6. The minimum atomic E-state index is 1.08. The lowest BCUT2D eigenvalue weighted by Crippen LogP contribution is -2.34. The van der Waals surface area contributed by atoms with Gasteiger partial charge in [0.05, 0.1) is 5.56 Å². The molecule has 72 heavy (non-hydrogen) atoms. The molecule has 0 fully saturated rings. The predicted molar refractivity (Wildman–Crippen MR) is 301 cm³/mol. The Morgan fingerprint density at radius 1 is 0.222 bits per heavy atom. The van der Waals surface area contributed by atoms with Gasteiger partial charge in [-0.25, -0.2) is 27.4 Å². The molecule has 6 heterocycles. The molecular formula is C66H100N6+6. The van der Waals surface area contributed by atoms with Gasteiger partial charge in [-0.1, -0.05) is 119 Å². The first-order chi connectivity index (χ1) is 35.5. The fraction of sp³-hybridized carbons (Fsp3) is 0.545. The summed E-state index contributed by atoms with van der Waals surface area (Å²) >= 11 is 0. The number of unbranched alkanes of at least 4 members (excludes halogenated alkanes) is 18. The Morgan fingerprint density at radius 3 is 0.806 bits per heavy atom. The van der Waals surface area contributed by atoms with Crippen LogP contribution in [0.5, 0.6) is 0 Å². The molecule has 0 saturated carbocycles. The third kappa shape index (κ3) is 21.2. The maximum absolute atomic E-state index is 2.41. The molecule has 0 radical (unpaired) electrons. The molecule has 6 rings (SSSR count). The molecule has 0 aliphatic carbocycles. The van der Waals surface area contributed by atoms with Gasteiger partial charge in [-0.2, -0.15) is 0 Å². The van der Waals surface area contributed by atoms with Crippen LogP contribution in [0.25, 0.3) is 44.5 Å². The Bertz CT molecular complexity index is 2240. The highest BCUT2D eigenvalue weighted by Gasteiger charge is 2.17. The van der Waals surface area contributed by atoms with E-state index in [9.17, 15) is 0 Å². The van der Waals surface area contributed by atoms with Crippen LogP contribution in [0.3, 0.4) is 0 Å². The number of aryl methyl sites for hydroxylation is 6. The van der Waals surface area contributed by atoms with Gasteiger partial charge < -0.3 is 0 Å². The van der Waals surface area contributed by atoms with Crippen molar-refractivity contribution < 1.29 is 27.4 Å². The largest absolute Gasteiger partial charge is 0.205 e. The maximum atomic E-state index is 2.41. The smallest absolute Gasteiger partial charge is 0.177 e. The van der Waals surface area contributed by atoms with E-state index in [4.69, 9.17) is 0 Å². The molecule has 0 saturated heterocycles. The monoisotopic (exact) mass is 977 g/mol. The molecule has 6 aromatic rings. The zero-order valence-electron chi connectivity index (χ0n) is 46.6. The second kappa shape index (κ2) is 35.1. The van der Waals surface area contributed by atoms with Crippen molar-refractivity contribution in [3.8, 4) is 44.5 Å². The topological polar surface area (TPSA) is 23.3 Å². The minimum absolute atomic E-state index is 1.08. The van der Waals surface area contributed by atoms with Gasteiger partial charge in [0, 0.05) is 115 Å². The molecule has 6 aromatic heterocycles. The molecule has 0 aromatic carbocycles. The van der Waals surface area contributed by atoms with E-state index in [1.807, 2.05) is 0 Å². The van der Waals surface area contributed by atoms with E-state index >= 15 is 0 Å². The van der Waals surface area contributed by atoms with Crippen LogP contribution in [0.4, 0.5) is 0 Å². The molecule has 0 spiro atoms. The summed E-state index contributed by atoms with van der Waals surface area (Å²) in [5.41, 5.74) is 10.4. The molecule has 0 amide bonds. The molecule has 0 unspecified atom stereocenters. The average Bonchev–Trinajstić information content (AvgIpc) is 3.42. The molecule has 0 atom stereocenters. The van der Waals surface area contributed by atoms with Crippen molar-refractivity contribution in [3.05, 3.63) is 135 Å². The second-order valence-electron chi connectivity index (χ2n) is 20.7. The fourth-order valence-electron chi connectivity index (χ4n) is 9.74. The summed E-state index contributed by atoms with van der Waals surface area (Å²) in [7, 11) is 0. The number of rotatable bonds is 34. The first-order valence-corrected chi connectivity index (χ1v) is 29.5. The summed E-state index contributed by atoms with van der Waals surface area (Å²) in [6, 6.07) is 23.0. The minimum Gasteiger partial charge on any atom is -0.205 e. The van der Waals surface area contributed by atoms with Crippen molar-refractivity contribution in [1.82, 2.24) is 0 Å². The van der Waals surface area contributed by atoms with Gasteiger partial charge in [-0.05, 0) is 61.3 Å². The van der Waals surface area contributed by atoms with E-state index in [1.54, 1.807) is 0 Å². The van der Waals surface area contributed by atoms with Crippen LogP contribution in [0.1, 0.15) is 196 Å². The third-order valence-electron chi connectivity index (χ3n) is 14.4. The predicted octanol–water partition coefficient (Wildman–Crippen LogP) is 15.2. The number of nitrogens with zero attached hydrogens (tertiary/aromatic N) is 6. The van der Waals surface area contributed by atoms with Crippen LogP contribution in [0.2, 0.25) is 0 Å². The summed E-state index contributed by atoms with van der Waals surface area (Å²) in [6.07, 6.45) is 58.5. The summed E-state index contributed by atoms with van der Waals surface area (Å²) in [4.78, 5) is 0. The van der Waals surface area contributed by atoms with Crippen LogP contribution in [0, 0.1) is 0 Å². The highest BCUT2D eigenvalue weighted by Crippen LogP contribution is 2.30. The van der Waals surface area contributed by atoms with Crippen molar-refractivity contribution in [2.24, 2.45) is 0 Å². The first kappa shape index (κ1) is 57.8. The molecule has 0 N–H and O–H groups in total. The van der Waals surface area contributed by atoms with Crippen LogP contribution in [-0.2, 0) is 39.3 Å². The van der Waals surface area contributed by atoms with E-state index in [0.717, 1.165) is 39.3 Å². The van der Waals surface area contributed by atoms with Gasteiger partial charge in [-0.3, -0.25) is 0 Å². The number of pyridine rings is 6. The molecule has 6 nitrogen and oxygen atoms in total. The third-order valence-corrected chi connectivity index (χ3v) is 14.4. The normalized spacial score (nSPS) is 11.2. The lowest BCUT2D eigenvalue weighted by Gasteiger charge is -2.09. The van der Waals surface area contributed by atoms with Crippen LogP contribution in [0.15, 0.2) is 135 Å². The molecule has 0 bridgehead atoms. The molecule has 0 aliphatic rings. The molecule has 0 aliphatic heterocycles. The summed E-state index contributed by atoms with van der Waals surface area (Å²) in [5.74, 6) is 0. The second-order valence-corrected chi connectivity index (χ2v) is 20.7. The molecule has 388 valence electrons. The highest BCUT2D eigenvalue weighted by molar-refractivity contribution is 5.81. The lowest BCUT2D eigenvalue weighted by molar-refractivity contribution is -0.697. The van der Waals surface area contributed by atoms with Gasteiger partial charge in [0.1, 0.15) is 39.3 Å². The van der Waals surface area contributed by atoms with Crippen molar-refractivity contribution in [2.45, 2.75) is 235 Å². The van der Waals surface area contributed by atoms with E-state index in [0.29, 0.717) is 0 Å². The van der Waals surface area contributed by atoms with Crippen LogP contribution in [-0.4, -0.2) is 0 Å². The van der Waals surface area contributed by atoms with E-state index in [1.165, 1.54) is 199 Å². The van der Waals surface area contributed by atoms with Crippen LogP contribution < -0.4 is 27.4 Å². The van der Waals surface area contributed by atoms with Crippen molar-refractivity contribution >= 4 is 0 Å². The van der Waals surface area contributed by atoms with Crippen LogP contribution >= 0.6 is 0 Å².